The highest BCUT2D eigenvalue weighted by atomic mass is 79.9. The molecule has 0 amide bonds. The van der Waals surface area contributed by atoms with Gasteiger partial charge in [-0.1, -0.05) is 22.0 Å². The van der Waals surface area contributed by atoms with Crippen molar-refractivity contribution in [3.63, 3.8) is 0 Å². The van der Waals surface area contributed by atoms with Crippen LogP contribution in [0, 0.1) is 0 Å². The average Bonchev–Trinajstić information content (AvgIpc) is 2.27. The standard InChI is InChI=1S/C10H11BrO3/c11-6-8(12)7-1-2-9-10(5-7)14-4-3-13-9/h1-2,5,8,12H,3-4,6H2/t8-/m1/s1. The van der Waals surface area contributed by atoms with E-state index in [-0.39, 0.29) is 0 Å². The van der Waals surface area contributed by atoms with Gasteiger partial charge in [-0.2, -0.15) is 0 Å². The lowest BCUT2D eigenvalue weighted by molar-refractivity contribution is 0.169. The van der Waals surface area contributed by atoms with Crippen molar-refractivity contribution < 1.29 is 14.6 Å². The summed E-state index contributed by atoms with van der Waals surface area (Å²) in [5.74, 6) is 1.47. The summed E-state index contributed by atoms with van der Waals surface area (Å²) in [6.45, 7) is 1.16. The van der Waals surface area contributed by atoms with Gasteiger partial charge in [0.25, 0.3) is 0 Å². The Balaban J connectivity index is 2.29. The van der Waals surface area contributed by atoms with E-state index < -0.39 is 6.10 Å². The predicted octanol–water partition coefficient (Wildman–Crippen LogP) is 1.89. The summed E-state index contributed by atoms with van der Waals surface area (Å²) in [4.78, 5) is 0. The fourth-order valence-electron chi connectivity index (χ4n) is 1.36. The van der Waals surface area contributed by atoms with Crippen LogP contribution in [-0.2, 0) is 0 Å². The van der Waals surface area contributed by atoms with Gasteiger partial charge in [-0.05, 0) is 17.7 Å². The molecule has 3 nitrogen and oxygen atoms in total. The molecule has 14 heavy (non-hydrogen) atoms. The second-order valence-corrected chi connectivity index (χ2v) is 3.72. The first-order chi connectivity index (χ1) is 6.81. The molecule has 0 unspecified atom stereocenters. The topological polar surface area (TPSA) is 38.7 Å². The Morgan fingerprint density at radius 1 is 1.29 bits per heavy atom. The Bertz CT molecular complexity index is 327. The van der Waals surface area contributed by atoms with Crippen molar-refractivity contribution >= 4 is 15.9 Å². The molecule has 1 heterocycles. The van der Waals surface area contributed by atoms with Crippen LogP contribution in [0.4, 0.5) is 0 Å². The van der Waals surface area contributed by atoms with Crippen molar-refractivity contribution in [3.8, 4) is 11.5 Å². The van der Waals surface area contributed by atoms with Crippen LogP contribution < -0.4 is 9.47 Å². The highest BCUT2D eigenvalue weighted by Gasteiger charge is 2.14. The Morgan fingerprint density at radius 2 is 2.00 bits per heavy atom. The first-order valence-electron chi connectivity index (χ1n) is 4.45. The summed E-state index contributed by atoms with van der Waals surface area (Å²) in [7, 11) is 0. The third kappa shape index (κ3) is 1.86. The van der Waals surface area contributed by atoms with Gasteiger partial charge < -0.3 is 14.6 Å². The summed E-state index contributed by atoms with van der Waals surface area (Å²) >= 11 is 3.23. The van der Waals surface area contributed by atoms with Crippen LogP contribution >= 0.6 is 15.9 Å². The second-order valence-electron chi connectivity index (χ2n) is 3.07. The lowest BCUT2D eigenvalue weighted by atomic mass is 10.1. The fraction of sp³-hybridized carbons (Fsp3) is 0.400. The molecule has 1 aliphatic heterocycles. The molecular weight excluding hydrogens is 248 g/mol. The first-order valence-corrected chi connectivity index (χ1v) is 5.57. The van der Waals surface area contributed by atoms with Crippen molar-refractivity contribution in [2.75, 3.05) is 18.5 Å². The Morgan fingerprint density at radius 3 is 2.71 bits per heavy atom. The number of alkyl halides is 1. The van der Waals surface area contributed by atoms with Gasteiger partial charge in [-0.3, -0.25) is 0 Å². The van der Waals surface area contributed by atoms with Crippen molar-refractivity contribution in [2.45, 2.75) is 6.10 Å². The molecule has 0 aliphatic carbocycles. The summed E-state index contributed by atoms with van der Waals surface area (Å²) < 4.78 is 10.8. The number of ether oxygens (including phenoxy) is 2. The molecule has 1 aliphatic rings. The van der Waals surface area contributed by atoms with E-state index in [9.17, 15) is 5.11 Å². The normalized spacial score (nSPS) is 16.4. The lowest BCUT2D eigenvalue weighted by Gasteiger charge is -2.19. The van der Waals surface area contributed by atoms with Gasteiger partial charge >= 0.3 is 0 Å². The molecule has 0 bridgehead atoms. The van der Waals surface area contributed by atoms with Gasteiger partial charge in [0.05, 0.1) is 6.10 Å². The summed E-state index contributed by atoms with van der Waals surface area (Å²) in [6, 6.07) is 5.50. The zero-order valence-electron chi connectivity index (χ0n) is 7.57. The molecule has 0 saturated heterocycles. The van der Waals surface area contributed by atoms with Gasteiger partial charge in [0.15, 0.2) is 11.5 Å². The van der Waals surface area contributed by atoms with E-state index in [2.05, 4.69) is 15.9 Å². The molecule has 76 valence electrons. The lowest BCUT2D eigenvalue weighted by Crippen LogP contribution is -2.15. The fourth-order valence-corrected chi connectivity index (χ4v) is 1.73. The molecule has 1 aromatic carbocycles. The number of aliphatic hydroxyl groups is 1. The zero-order chi connectivity index (χ0) is 9.97. The van der Waals surface area contributed by atoms with Crippen LogP contribution in [0.1, 0.15) is 11.7 Å². The Hall–Kier alpha value is -0.740. The summed E-state index contributed by atoms with van der Waals surface area (Å²) in [5, 5.41) is 10.1. The van der Waals surface area contributed by atoms with E-state index in [0.717, 1.165) is 11.3 Å². The maximum atomic E-state index is 9.59. The molecular formula is C10H11BrO3. The smallest absolute Gasteiger partial charge is 0.161 e. The molecule has 1 aromatic rings. The van der Waals surface area contributed by atoms with Gasteiger partial charge in [0.2, 0.25) is 0 Å². The Labute approximate surface area is 90.8 Å². The molecule has 0 aromatic heterocycles. The van der Waals surface area contributed by atoms with Crippen LogP contribution in [0.15, 0.2) is 18.2 Å². The van der Waals surface area contributed by atoms with Crippen LogP contribution in [-0.4, -0.2) is 23.7 Å². The van der Waals surface area contributed by atoms with E-state index in [1.807, 2.05) is 18.2 Å². The van der Waals surface area contributed by atoms with E-state index in [1.54, 1.807) is 0 Å². The van der Waals surface area contributed by atoms with E-state index in [4.69, 9.17) is 9.47 Å². The minimum Gasteiger partial charge on any atom is -0.486 e. The third-order valence-corrected chi connectivity index (χ3v) is 2.71. The highest BCUT2D eigenvalue weighted by molar-refractivity contribution is 9.09. The monoisotopic (exact) mass is 258 g/mol. The molecule has 0 spiro atoms. The minimum absolute atomic E-state index is 0.495. The quantitative estimate of drug-likeness (QED) is 0.824. The number of aliphatic hydroxyl groups excluding tert-OH is 1. The number of rotatable bonds is 2. The molecule has 2 rings (SSSR count). The molecule has 0 saturated carbocycles. The number of halogens is 1. The number of hydrogen-bond donors (Lipinski definition) is 1. The number of benzene rings is 1. The number of fused-ring (bicyclic) bond motifs is 1. The third-order valence-electron chi connectivity index (χ3n) is 2.10. The van der Waals surface area contributed by atoms with Gasteiger partial charge in [-0.25, -0.2) is 0 Å². The maximum Gasteiger partial charge on any atom is 0.161 e. The van der Waals surface area contributed by atoms with Gasteiger partial charge in [-0.15, -0.1) is 0 Å². The predicted molar refractivity (Wildman–Crippen MR) is 56.2 cm³/mol. The van der Waals surface area contributed by atoms with Crippen molar-refractivity contribution in [2.24, 2.45) is 0 Å². The highest BCUT2D eigenvalue weighted by Crippen LogP contribution is 2.32. The maximum absolute atomic E-state index is 9.59. The summed E-state index contributed by atoms with van der Waals surface area (Å²) in [6.07, 6.45) is -0.495. The van der Waals surface area contributed by atoms with Crippen LogP contribution in [0.3, 0.4) is 0 Å². The van der Waals surface area contributed by atoms with Crippen LogP contribution in [0.2, 0.25) is 0 Å². The molecule has 1 atom stereocenters. The van der Waals surface area contributed by atoms with E-state index >= 15 is 0 Å². The Kier molecular flexibility index (Phi) is 2.93. The van der Waals surface area contributed by atoms with Crippen LogP contribution in [0.25, 0.3) is 0 Å². The van der Waals surface area contributed by atoms with Gasteiger partial charge in [0.1, 0.15) is 13.2 Å². The molecule has 0 radical (unpaired) electrons. The van der Waals surface area contributed by atoms with E-state index in [0.29, 0.717) is 24.3 Å². The summed E-state index contributed by atoms with van der Waals surface area (Å²) in [5.41, 5.74) is 0.839. The van der Waals surface area contributed by atoms with Crippen molar-refractivity contribution in [1.82, 2.24) is 0 Å². The number of hydrogen-bond acceptors (Lipinski definition) is 3. The van der Waals surface area contributed by atoms with E-state index in [1.165, 1.54) is 0 Å². The molecule has 0 fully saturated rings. The largest absolute Gasteiger partial charge is 0.486 e. The van der Waals surface area contributed by atoms with Crippen LogP contribution in [0.5, 0.6) is 11.5 Å². The average molecular weight is 259 g/mol. The molecule has 4 heteroatoms. The van der Waals surface area contributed by atoms with Crippen molar-refractivity contribution in [1.29, 1.82) is 0 Å². The first kappa shape index (κ1) is 9.80. The van der Waals surface area contributed by atoms with Gasteiger partial charge in [0, 0.05) is 5.33 Å². The second kappa shape index (κ2) is 4.19. The SMILES string of the molecule is O[C@H](CBr)c1ccc2c(c1)OCCO2. The zero-order valence-corrected chi connectivity index (χ0v) is 9.16. The minimum atomic E-state index is -0.495. The van der Waals surface area contributed by atoms with Crippen molar-refractivity contribution in [3.05, 3.63) is 23.8 Å². The molecule has 1 N–H and O–H groups in total.